The quantitative estimate of drug-likeness (QED) is 0.686. The van der Waals surface area contributed by atoms with Gasteiger partial charge < -0.3 is 10.1 Å². The molecule has 1 aliphatic carbocycles. The van der Waals surface area contributed by atoms with E-state index >= 15 is 0 Å². The maximum Gasteiger partial charge on any atom is 0.247 e. The molecule has 1 heterocycles. The standard InChI is InChI=1S/C22H33N3O5S/c1-4-14-31(28,29)24-15-20(26)25(18-12-8-9-13-19(18)30-3)22(2,16-24)21(27)23-17-10-6-5-7-11-17/h8-9,12-13,17H,4-7,10-11,14-16H2,1-3H3,(H,23,27)/t22-/m0/s1. The molecule has 1 atom stereocenters. The number of ether oxygens (including phenoxy) is 1. The van der Waals surface area contributed by atoms with Crippen LogP contribution in [0.5, 0.6) is 5.75 Å². The van der Waals surface area contributed by atoms with Crippen LogP contribution in [0.4, 0.5) is 5.69 Å². The number of hydrogen-bond donors (Lipinski definition) is 1. The zero-order valence-electron chi connectivity index (χ0n) is 18.6. The molecule has 9 heteroatoms. The van der Waals surface area contributed by atoms with E-state index < -0.39 is 21.5 Å². The van der Waals surface area contributed by atoms with Gasteiger partial charge in [0.05, 0.1) is 25.1 Å². The van der Waals surface area contributed by atoms with Gasteiger partial charge in [0.1, 0.15) is 11.3 Å². The van der Waals surface area contributed by atoms with Crippen LogP contribution < -0.4 is 15.0 Å². The molecule has 2 aliphatic rings. The Labute approximate surface area is 185 Å². The third-order valence-corrected chi connectivity index (χ3v) is 8.12. The van der Waals surface area contributed by atoms with E-state index in [1.165, 1.54) is 12.0 Å². The highest BCUT2D eigenvalue weighted by atomic mass is 32.2. The molecule has 0 radical (unpaired) electrons. The number of piperazine rings is 1. The highest BCUT2D eigenvalue weighted by molar-refractivity contribution is 7.89. The first-order chi connectivity index (χ1) is 14.7. The van der Waals surface area contributed by atoms with Crippen molar-refractivity contribution in [1.29, 1.82) is 0 Å². The molecule has 2 fully saturated rings. The monoisotopic (exact) mass is 451 g/mol. The summed E-state index contributed by atoms with van der Waals surface area (Å²) in [6.07, 6.45) is 5.47. The Morgan fingerprint density at radius 3 is 2.55 bits per heavy atom. The minimum Gasteiger partial charge on any atom is -0.495 e. The fraction of sp³-hybridized carbons (Fsp3) is 0.636. The van der Waals surface area contributed by atoms with Crippen LogP contribution in [-0.4, -0.2) is 62.1 Å². The zero-order chi connectivity index (χ0) is 22.6. The first-order valence-electron chi connectivity index (χ1n) is 11.0. The summed E-state index contributed by atoms with van der Waals surface area (Å²) < 4.78 is 32.2. The maximum atomic E-state index is 13.6. The number of anilines is 1. The van der Waals surface area contributed by atoms with Crippen molar-refractivity contribution in [3.8, 4) is 5.75 Å². The number of nitrogens with one attached hydrogen (secondary N) is 1. The van der Waals surface area contributed by atoms with Gasteiger partial charge in [-0.15, -0.1) is 0 Å². The number of nitrogens with zero attached hydrogens (tertiary/aromatic N) is 2. The summed E-state index contributed by atoms with van der Waals surface area (Å²) in [5.74, 6) is -0.390. The molecule has 8 nitrogen and oxygen atoms in total. The molecule has 1 aliphatic heterocycles. The van der Waals surface area contributed by atoms with Crippen LogP contribution >= 0.6 is 0 Å². The van der Waals surface area contributed by atoms with Gasteiger partial charge in [0.25, 0.3) is 0 Å². The van der Waals surface area contributed by atoms with Crippen LogP contribution in [0.2, 0.25) is 0 Å². The molecule has 3 rings (SSSR count). The molecular weight excluding hydrogens is 418 g/mol. The Morgan fingerprint density at radius 1 is 1.23 bits per heavy atom. The number of carbonyl (C=O) groups is 2. The Balaban J connectivity index is 2.01. The molecule has 0 unspecified atom stereocenters. The predicted octanol–water partition coefficient (Wildman–Crippen LogP) is 2.29. The highest BCUT2D eigenvalue weighted by Gasteiger charge is 2.51. The van der Waals surface area contributed by atoms with Gasteiger partial charge in [-0.2, -0.15) is 4.31 Å². The predicted molar refractivity (Wildman–Crippen MR) is 120 cm³/mol. The zero-order valence-corrected chi connectivity index (χ0v) is 19.4. The molecule has 0 bridgehead atoms. The molecule has 1 saturated heterocycles. The van der Waals surface area contributed by atoms with Crippen molar-refractivity contribution in [2.45, 2.75) is 64.0 Å². The summed E-state index contributed by atoms with van der Waals surface area (Å²) >= 11 is 0. The van der Waals surface area contributed by atoms with E-state index in [1.807, 2.05) is 0 Å². The number of para-hydroxylation sites is 2. The minimum atomic E-state index is -3.65. The fourth-order valence-electron chi connectivity index (χ4n) is 4.53. The summed E-state index contributed by atoms with van der Waals surface area (Å²) in [7, 11) is -2.15. The lowest BCUT2D eigenvalue weighted by molar-refractivity contribution is -0.133. The van der Waals surface area contributed by atoms with Crippen LogP contribution in [0.3, 0.4) is 0 Å². The third-order valence-electron chi connectivity index (χ3n) is 6.15. The van der Waals surface area contributed by atoms with E-state index in [0.29, 0.717) is 17.9 Å². The van der Waals surface area contributed by atoms with E-state index in [-0.39, 0.29) is 30.8 Å². The van der Waals surface area contributed by atoms with Crippen molar-refractivity contribution < 1.29 is 22.7 Å². The number of benzene rings is 1. The topological polar surface area (TPSA) is 96.0 Å². The van der Waals surface area contributed by atoms with Gasteiger partial charge >= 0.3 is 0 Å². The van der Waals surface area contributed by atoms with Gasteiger partial charge in [0.15, 0.2) is 0 Å². The maximum absolute atomic E-state index is 13.6. The molecule has 1 saturated carbocycles. The number of rotatable bonds is 7. The molecule has 0 spiro atoms. The number of sulfonamides is 1. The molecule has 1 aromatic carbocycles. The molecule has 1 aromatic rings. The number of hydrogen-bond acceptors (Lipinski definition) is 5. The lowest BCUT2D eigenvalue weighted by Crippen LogP contribution is -2.71. The van der Waals surface area contributed by atoms with Crippen molar-refractivity contribution in [2.75, 3.05) is 30.9 Å². The van der Waals surface area contributed by atoms with Gasteiger partial charge in [-0.1, -0.05) is 38.3 Å². The Bertz CT molecular complexity index is 913. The minimum absolute atomic E-state index is 0.0373. The first-order valence-corrected chi connectivity index (χ1v) is 12.6. The lowest BCUT2D eigenvalue weighted by atomic mass is 9.91. The van der Waals surface area contributed by atoms with Crippen molar-refractivity contribution in [1.82, 2.24) is 9.62 Å². The molecule has 1 N–H and O–H groups in total. The van der Waals surface area contributed by atoms with Crippen molar-refractivity contribution in [3.63, 3.8) is 0 Å². The van der Waals surface area contributed by atoms with Crippen LogP contribution in [0.25, 0.3) is 0 Å². The van der Waals surface area contributed by atoms with E-state index in [9.17, 15) is 18.0 Å². The van der Waals surface area contributed by atoms with E-state index in [1.54, 1.807) is 38.1 Å². The smallest absolute Gasteiger partial charge is 0.247 e. The molecule has 2 amide bonds. The largest absolute Gasteiger partial charge is 0.495 e. The SMILES string of the molecule is CCCS(=O)(=O)N1CC(=O)N(c2ccccc2OC)[C@](C)(C(=O)NC2CCCCC2)C1. The molecule has 31 heavy (non-hydrogen) atoms. The fourth-order valence-corrected chi connectivity index (χ4v) is 6.06. The van der Waals surface area contributed by atoms with Crippen LogP contribution in [0.1, 0.15) is 52.4 Å². The normalized spacial score (nSPS) is 23.6. The summed E-state index contributed by atoms with van der Waals surface area (Å²) in [5.41, 5.74) is -0.939. The third kappa shape index (κ3) is 4.87. The second-order valence-electron chi connectivity index (χ2n) is 8.57. The van der Waals surface area contributed by atoms with E-state index in [0.717, 1.165) is 36.4 Å². The Hall–Kier alpha value is -2.13. The average molecular weight is 452 g/mol. The molecular formula is C22H33N3O5S. The van der Waals surface area contributed by atoms with Crippen LogP contribution in [0.15, 0.2) is 24.3 Å². The first kappa shape index (κ1) is 23.5. The summed E-state index contributed by atoms with van der Waals surface area (Å²) in [6, 6.07) is 7.04. The Morgan fingerprint density at radius 2 is 1.90 bits per heavy atom. The number of carbonyl (C=O) groups excluding carboxylic acids is 2. The second kappa shape index (κ2) is 9.56. The number of methoxy groups -OCH3 is 1. The molecule has 0 aromatic heterocycles. The summed E-state index contributed by atoms with van der Waals surface area (Å²) in [6.45, 7) is 3.02. The van der Waals surface area contributed by atoms with Crippen LogP contribution in [0, 0.1) is 0 Å². The summed E-state index contributed by atoms with van der Waals surface area (Å²) in [5, 5.41) is 3.10. The second-order valence-corrected chi connectivity index (χ2v) is 10.7. The van der Waals surface area contributed by atoms with Crippen molar-refractivity contribution in [2.24, 2.45) is 0 Å². The average Bonchev–Trinajstić information content (AvgIpc) is 2.74. The Kier molecular flexibility index (Phi) is 7.26. The highest BCUT2D eigenvalue weighted by Crippen LogP contribution is 2.37. The van der Waals surface area contributed by atoms with Gasteiger partial charge in [0.2, 0.25) is 21.8 Å². The van der Waals surface area contributed by atoms with Crippen molar-refractivity contribution in [3.05, 3.63) is 24.3 Å². The van der Waals surface area contributed by atoms with Gasteiger partial charge in [-0.05, 0) is 38.3 Å². The van der Waals surface area contributed by atoms with Crippen LogP contribution in [-0.2, 0) is 19.6 Å². The van der Waals surface area contributed by atoms with Crippen molar-refractivity contribution >= 4 is 27.5 Å². The van der Waals surface area contributed by atoms with Gasteiger partial charge in [-0.25, -0.2) is 8.42 Å². The lowest BCUT2D eigenvalue weighted by Gasteiger charge is -2.47. The number of amides is 2. The van der Waals surface area contributed by atoms with E-state index in [4.69, 9.17) is 4.74 Å². The van der Waals surface area contributed by atoms with E-state index in [2.05, 4.69) is 5.32 Å². The van der Waals surface area contributed by atoms with Gasteiger partial charge in [-0.3, -0.25) is 14.5 Å². The summed E-state index contributed by atoms with van der Waals surface area (Å²) in [4.78, 5) is 28.3. The molecule has 172 valence electrons. The van der Waals surface area contributed by atoms with Gasteiger partial charge in [0, 0.05) is 12.6 Å².